The quantitative estimate of drug-likeness (QED) is 0.357. The standard InChI is InChI=1S/C26H24ClN3OS/c27-20-13-14-24-23(15-20)29-26(30(24)16-18-7-2-1-3-8-18)32-17-25(31)28-22-12-6-10-19-9-4-5-11-21(19)22/h1-5,7-9,11,13-15,22H,6,10,12,16-17H2,(H,28,31)/t22-/m1/s1. The van der Waals surface area contributed by atoms with Gasteiger partial charge >= 0.3 is 0 Å². The van der Waals surface area contributed by atoms with Gasteiger partial charge in [0.2, 0.25) is 5.91 Å². The number of halogens is 1. The van der Waals surface area contributed by atoms with Crippen LogP contribution in [0, 0.1) is 0 Å². The fourth-order valence-electron chi connectivity index (χ4n) is 4.38. The number of thioether (sulfide) groups is 1. The lowest BCUT2D eigenvalue weighted by Crippen LogP contribution is -2.32. The van der Waals surface area contributed by atoms with Gasteiger partial charge in [-0.2, -0.15) is 0 Å². The molecule has 4 aromatic rings. The van der Waals surface area contributed by atoms with Crippen molar-refractivity contribution in [1.29, 1.82) is 0 Å². The Morgan fingerprint density at radius 3 is 2.78 bits per heavy atom. The highest BCUT2D eigenvalue weighted by Gasteiger charge is 2.22. The Labute approximate surface area is 197 Å². The second-order valence-corrected chi connectivity index (χ2v) is 9.48. The normalized spacial score (nSPS) is 15.5. The molecule has 0 unspecified atom stereocenters. The van der Waals surface area contributed by atoms with Crippen LogP contribution in [-0.4, -0.2) is 21.2 Å². The lowest BCUT2D eigenvalue weighted by Gasteiger charge is -2.26. The van der Waals surface area contributed by atoms with Crippen molar-refractivity contribution >= 4 is 40.3 Å². The molecule has 162 valence electrons. The highest BCUT2D eigenvalue weighted by atomic mass is 35.5. The molecule has 1 aliphatic carbocycles. The molecule has 0 bridgehead atoms. The smallest absolute Gasteiger partial charge is 0.230 e. The maximum absolute atomic E-state index is 12.8. The average Bonchev–Trinajstić information content (AvgIpc) is 3.15. The van der Waals surface area contributed by atoms with Gasteiger partial charge in [0, 0.05) is 5.02 Å². The number of hydrogen-bond donors (Lipinski definition) is 1. The zero-order chi connectivity index (χ0) is 21.9. The number of hydrogen-bond acceptors (Lipinski definition) is 3. The van der Waals surface area contributed by atoms with Gasteiger partial charge in [0.15, 0.2) is 5.16 Å². The number of carbonyl (C=O) groups is 1. The fourth-order valence-corrected chi connectivity index (χ4v) is 5.37. The Morgan fingerprint density at radius 1 is 1.09 bits per heavy atom. The Hall–Kier alpha value is -2.76. The number of amides is 1. The van der Waals surface area contributed by atoms with Crippen molar-refractivity contribution in [1.82, 2.24) is 14.9 Å². The average molecular weight is 462 g/mol. The summed E-state index contributed by atoms with van der Waals surface area (Å²) in [6.45, 7) is 0.693. The molecule has 0 spiro atoms. The molecular formula is C26H24ClN3OS. The third-order valence-corrected chi connectivity index (χ3v) is 7.11. The Bertz CT molecular complexity index is 1250. The second-order valence-electron chi connectivity index (χ2n) is 8.10. The number of carbonyl (C=O) groups excluding carboxylic acids is 1. The third-order valence-electron chi connectivity index (χ3n) is 5.90. The predicted octanol–water partition coefficient (Wildman–Crippen LogP) is 6.02. The summed E-state index contributed by atoms with van der Waals surface area (Å²) in [7, 11) is 0. The van der Waals surface area contributed by atoms with E-state index in [1.165, 1.54) is 28.5 Å². The Balaban J connectivity index is 1.34. The molecule has 0 fully saturated rings. The first-order chi connectivity index (χ1) is 15.7. The second kappa shape index (κ2) is 9.39. The number of aryl methyl sites for hydroxylation is 1. The van der Waals surface area contributed by atoms with Gasteiger partial charge in [-0.3, -0.25) is 4.79 Å². The molecule has 1 atom stereocenters. The van der Waals surface area contributed by atoms with Crippen molar-refractivity contribution < 1.29 is 4.79 Å². The molecule has 32 heavy (non-hydrogen) atoms. The monoisotopic (exact) mass is 461 g/mol. The minimum atomic E-state index is 0.0352. The van der Waals surface area contributed by atoms with Crippen molar-refractivity contribution in [2.24, 2.45) is 0 Å². The fraction of sp³-hybridized carbons (Fsp3) is 0.231. The van der Waals surface area contributed by atoms with E-state index in [9.17, 15) is 4.79 Å². The van der Waals surface area contributed by atoms with Crippen LogP contribution < -0.4 is 5.32 Å². The molecule has 5 rings (SSSR count). The minimum absolute atomic E-state index is 0.0352. The maximum Gasteiger partial charge on any atom is 0.230 e. The van der Waals surface area contributed by atoms with Gasteiger partial charge in [0.05, 0.1) is 29.4 Å². The summed E-state index contributed by atoms with van der Waals surface area (Å²) in [5, 5.41) is 4.72. The number of benzene rings is 3. The number of fused-ring (bicyclic) bond motifs is 2. The number of nitrogens with zero attached hydrogens (tertiary/aromatic N) is 2. The zero-order valence-corrected chi connectivity index (χ0v) is 19.2. The summed E-state index contributed by atoms with van der Waals surface area (Å²) in [5.41, 5.74) is 5.65. The van der Waals surface area contributed by atoms with Crippen molar-refractivity contribution in [3.8, 4) is 0 Å². The van der Waals surface area contributed by atoms with E-state index in [1.807, 2.05) is 36.4 Å². The third kappa shape index (κ3) is 4.54. The van der Waals surface area contributed by atoms with Crippen LogP contribution >= 0.6 is 23.4 Å². The van der Waals surface area contributed by atoms with Crippen LogP contribution in [0.3, 0.4) is 0 Å². The van der Waals surface area contributed by atoms with Crippen LogP contribution in [0.5, 0.6) is 0 Å². The van der Waals surface area contributed by atoms with E-state index in [4.69, 9.17) is 16.6 Å². The molecule has 1 amide bonds. The van der Waals surface area contributed by atoms with E-state index in [-0.39, 0.29) is 11.9 Å². The van der Waals surface area contributed by atoms with Gasteiger partial charge in [0.25, 0.3) is 0 Å². The summed E-state index contributed by atoms with van der Waals surface area (Å²) < 4.78 is 2.16. The van der Waals surface area contributed by atoms with E-state index in [2.05, 4.69) is 46.3 Å². The minimum Gasteiger partial charge on any atom is -0.349 e. The van der Waals surface area contributed by atoms with Crippen LogP contribution in [0.1, 0.15) is 35.6 Å². The van der Waals surface area contributed by atoms with Crippen LogP contribution in [0.4, 0.5) is 0 Å². The molecule has 3 aromatic carbocycles. The molecule has 1 aromatic heterocycles. The highest BCUT2D eigenvalue weighted by Crippen LogP contribution is 2.30. The summed E-state index contributed by atoms with van der Waals surface area (Å²) in [4.78, 5) is 17.6. The summed E-state index contributed by atoms with van der Waals surface area (Å²) in [5.74, 6) is 0.359. The zero-order valence-electron chi connectivity index (χ0n) is 17.6. The molecule has 4 nitrogen and oxygen atoms in total. The van der Waals surface area contributed by atoms with Crippen molar-refractivity contribution in [2.75, 3.05) is 5.75 Å². The molecular weight excluding hydrogens is 438 g/mol. The predicted molar refractivity (Wildman–Crippen MR) is 131 cm³/mol. The number of imidazole rings is 1. The maximum atomic E-state index is 12.8. The first-order valence-corrected chi connectivity index (χ1v) is 12.2. The first kappa shape index (κ1) is 21.1. The topological polar surface area (TPSA) is 46.9 Å². The number of rotatable bonds is 6. The molecule has 0 radical (unpaired) electrons. The van der Waals surface area contributed by atoms with Crippen LogP contribution in [-0.2, 0) is 17.8 Å². The van der Waals surface area contributed by atoms with Crippen LogP contribution in [0.15, 0.2) is 78.0 Å². The molecule has 1 N–H and O–H groups in total. The summed E-state index contributed by atoms with van der Waals surface area (Å²) >= 11 is 7.67. The van der Waals surface area contributed by atoms with E-state index < -0.39 is 0 Å². The van der Waals surface area contributed by atoms with Crippen molar-refractivity contribution in [3.05, 3.63) is 94.5 Å². The van der Waals surface area contributed by atoms with Crippen LogP contribution in [0.25, 0.3) is 11.0 Å². The highest BCUT2D eigenvalue weighted by molar-refractivity contribution is 7.99. The Morgan fingerprint density at radius 2 is 1.91 bits per heavy atom. The molecule has 0 aliphatic heterocycles. The van der Waals surface area contributed by atoms with E-state index in [1.54, 1.807) is 0 Å². The molecule has 0 saturated heterocycles. The first-order valence-electron chi connectivity index (χ1n) is 10.9. The van der Waals surface area contributed by atoms with Gasteiger partial charge in [-0.15, -0.1) is 0 Å². The van der Waals surface area contributed by atoms with E-state index in [0.29, 0.717) is 17.3 Å². The van der Waals surface area contributed by atoms with Crippen molar-refractivity contribution in [3.63, 3.8) is 0 Å². The van der Waals surface area contributed by atoms with Crippen LogP contribution in [0.2, 0.25) is 5.02 Å². The largest absolute Gasteiger partial charge is 0.349 e. The lowest BCUT2D eigenvalue weighted by molar-refractivity contribution is -0.119. The Kier molecular flexibility index (Phi) is 6.19. The molecule has 6 heteroatoms. The number of nitrogens with one attached hydrogen (secondary N) is 1. The molecule has 1 heterocycles. The molecule has 1 aliphatic rings. The van der Waals surface area contributed by atoms with E-state index >= 15 is 0 Å². The number of aromatic nitrogens is 2. The SMILES string of the molecule is O=C(CSc1nc2cc(Cl)ccc2n1Cc1ccccc1)N[C@@H]1CCCc2ccccc21. The van der Waals surface area contributed by atoms with Gasteiger partial charge in [-0.1, -0.05) is 78.0 Å². The van der Waals surface area contributed by atoms with Crippen molar-refractivity contribution in [2.45, 2.75) is 37.0 Å². The van der Waals surface area contributed by atoms with Gasteiger partial charge < -0.3 is 9.88 Å². The van der Waals surface area contributed by atoms with Gasteiger partial charge in [-0.05, 0) is 54.2 Å². The lowest BCUT2D eigenvalue weighted by atomic mass is 9.88. The van der Waals surface area contributed by atoms with Gasteiger partial charge in [-0.25, -0.2) is 4.98 Å². The summed E-state index contributed by atoms with van der Waals surface area (Å²) in [6.07, 6.45) is 3.17. The molecule has 0 saturated carbocycles. The summed E-state index contributed by atoms with van der Waals surface area (Å²) in [6, 6.07) is 24.6. The van der Waals surface area contributed by atoms with E-state index in [0.717, 1.165) is 35.5 Å². The van der Waals surface area contributed by atoms with Gasteiger partial charge in [0.1, 0.15) is 0 Å².